The number of carboxylic acid groups (broad SMARTS) is 1. The third kappa shape index (κ3) is 3.24. The van der Waals surface area contributed by atoms with Crippen LogP contribution in [0, 0.1) is 0 Å². The first-order valence-electron chi connectivity index (χ1n) is 5.32. The molecule has 1 rings (SSSR count). The summed E-state index contributed by atoms with van der Waals surface area (Å²) in [6.45, 7) is 2.66. The van der Waals surface area contributed by atoms with Crippen molar-refractivity contribution in [3.63, 3.8) is 0 Å². The molecular weight excluding hydrogens is 206 g/mol. The Labute approximate surface area is 95.2 Å². The number of carboxylic acids is 1. The molecule has 0 saturated carbocycles. The highest BCUT2D eigenvalue weighted by molar-refractivity contribution is 5.75. The summed E-state index contributed by atoms with van der Waals surface area (Å²) < 4.78 is 5.45. The Bertz CT molecular complexity index is 352. The van der Waals surface area contributed by atoms with Gasteiger partial charge in [0.05, 0.1) is 6.61 Å². The summed E-state index contributed by atoms with van der Waals surface area (Å²) in [5, 5.41) is 11.7. The predicted octanol–water partition coefficient (Wildman–Crippen LogP) is 1.82. The maximum Gasteiger partial charge on any atom is 0.325 e. The van der Waals surface area contributed by atoms with Gasteiger partial charge in [-0.3, -0.25) is 4.79 Å². The van der Waals surface area contributed by atoms with Crippen LogP contribution >= 0.6 is 0 Å². The van der Waals surface area contributed by atoms with E-state index in [0.717, 1.165) is 6.42 Å². The van der Waals surface area contributed by atoms with Crippen molar-refractivity contribution in [2.24, 2.45) is 0 Å². The van der Waals surface area contributed by atoms with Gasteiger partial charge in [0.15, 0.2) is 0 Å². The first-order valence-corrected chi connectivity index (χ1v) is 5.32. The Morgan fingerprint density at radius 3 is 2.88 bits per heavy atom. The molecule has 0 heterocycles. The third-order valence-corrected chi connectivity index (χ3v) is 2.20. The SMILES string of the molecule is CCCOc1cccc(C(NC)C(=O)O)c1. The Kier molecular flexibility index (Phi) is 4.79. The van der Waals surface area contributed by atoms with Gasteiger partial charge in [-0.15, -0.1) is 0 Å². The number of hydrogen-bond donors (Lipinski definition) is 2. The number of likely N-dealkylation sites (N-methyl/N-ethyl adjacent to an activating group) is 1. The topological polar surface area (TPSA) is 58.6 Å². The molecule has 4 nitrogen and oxygen atoms in total. The van der Waals surface area contributed by atoms with E-state index >= 15 is 0 Å². The first-order chi connectivity index (χ1) is 7.69. The molecule has 0 fully saturated rings. The van der Waals surface area contributed by atoms with E-state index in [1.807, 2.05) is 13.0 Å². The average Bonchev–Trinajstić information content (AvgIpc) is 2.27. The van der Waals surface area contributed by atoms with Crippen LogP contribution in [0.1, 0.15) is 24.9 Å². The van der Waals surface area contributed by atoms with Gasteiger partial charge in [-0.2, -0.15) is 0 Å². The quantitative estimate of drug-likeness (QED) is 0.772. The van der Waals surface area contributed by atoms with Crippen LogP contribution in [0.25, 0.3) is 0 Å². The molecule has 0 aliphatic rings. The van der Waals surface area contributed by atoms with E-state index in [9.17, 15) is 4.79 Å². The van der Waals surface area contributed by atoms with E-state index < -0.39 is 12.0 Å². The monoisotopic (exact) mass is 223 g/mol. The van der Waals surface area contributed by atoms with Crippen LogP contribution in [-0.2, 0) is 4.79 Å². The van der Waals surface area contributed by atoms with Crippen molar-refractivity contribution in [1.29, 1.82) is 0 Å². The number of rotatable bonds is 6. The molecule has 0 radical (unpaired) electrons. The van der Waals surface area contributed by atoms with Gasteiger partial charge in [0, 0.05) is 0 Å². The lowest BCUT2D eigenvalue weighted by atomic mass is 10.1. The van der Waals surface area contributed by atoms with Gasteiger partial charge >= 0.3 is 5.97 Å². The molecule has 4 heteroatoms. The second kappa shape index (κ2) is 6.12. The zero-order valence-corrected chi connectivity index (χ0v) is 9.56. The first kappa shape index (κ1) is 12.5. The zero-order valence-electron chi connectivity index (χ0n) is 9.56. The van der Waals surface area contributed by atoms with Crippen molar-refractivity contribution >= 4 is 5.97 Å². The van der Waals surface area contributed by atoms with Gasteiger partial charge in [-0.05, 0) is 31.2 Å². The molecule has 2 N–H and O–H groups in total. The maximum atomic E-state index is 11.0. The highest BCUT2D eigenvalue weighted by Crippen LogP contribution is 2.19. The standard InChI is InChI=1S/C12H17NO3/c1-3-7-16-10-6-4-5-9(8-10)11(13-2)12(14)15/h4-6,8,11,13H,3,7H2,1-2H3,(H,14,15). The van der Waals surface area contributed by atoms with E-state index in [1.165, 1.54) is 0 Å². The number of aliphatic carboxylic acids is 1. The molecule has 1 aromatic rings. The summed E-state index contributed by atoms with van der Waals surface area (Å²) >= 11 is 0. The minimum absolute atomic E-state index is 0.640. The minimum atomic E-state index is -0.893. The van der Waals surface area contributed by atoms with Crippen LogP contribution in [0.2, 0.25) is 0 Å². The van der Waals surface area contributed by atoms with Gasteiger partial charge in [-0.1, -0.05) is 19.1 Å². The van der Waals surface area contributed by atoms with Crippen molar-refractivity contribution < 1.29 is 14.6 Å². The van der Waals surface area contributed by atoms with Crippen molar-refractivity contribution in [2.75, 3.05) is 13.7 Å². The van der Waals surface area contributed by atoms with Gasteiger partial charge in [-0.25, -0.2) is 0 Å². The smallest absolute Gasteiger partial charge is 0.325 e. The highest BCUT2D eigenvalue weighted by atomic mass is 16.5. The molecule has 0 bridgehead atoms. The molecule has 0 aromatic heterocycles. The lowest BCUT2D eigenvalue weighted by Gasteiger charge is -2.13. The highest BCUT2D eigenvalue weighted by Gasteiger charge is 2.17. The minimum Gasteiger partial charge on any atom is -0.494 e. The van der Waals surface area contributed by atoms with Crippen LogP contribution in [0.15, 0.2) is 24.3 Å². The molecule has 0 aliphatic carbocycles. The van der Waals surface area contributed by atoms with E-state index in [1.54, 1.807) is 25.2 Å². The van der Waals surface area contributed by atoms with Crippen LogP contribution in [0.4, 0.5) is 0 Å². The lowest BCUT2D eigenvalue weighted by Crippen LogP contribution is -2.24. The second-order valence-corrected chi connectivity index (χ2v) is 3.48. The largest absolute Gasteiger partial charge is 0.494 e. The summed E-state index contributed by atoms with van der Waals surface area (Å²) in [4.78, 5) is 11.0. The summed E-state index contributed by atoms with van der Waals surface area (Å²) in [5.41, 5.74) is 0.698. The Balaban J connectivity index is 2.83. The fourth-order valence-corrected chi connectivity index (χ4v) is 1.44. The van der Waals surface area contributed by atoms with Crippen molar-refractivity contribution in [1.82, 2.24) is 5.32 Å². The van der Waals surface area contributed by atoms with E-state index in [-0.39, 0.29) is 0 Å². The molecule has 0 aliphatic heterocycles. The number of carbonyl (C=O) groups is 1. The zero-order chi connectivity index (χ0) is 12.0. The Morgan fingerprint density at radius 2 is 2.31 bits per heavy atom. The number of nitrogens with one attached hydrogen (secondary N) is 1. The van der Waals surface area contributed by atoms with Gasteiger partial charge in [0.1, 0.15) is 11.8 Å². The molecule has 0 amide bonds. The maximum absolute atomic E-state index is 11.0. The lowest BCUT2D eigenvalue weighted by molar-refractivity contribution is -0.139. The molecular formula is C12H17NO3. The fraction of sp³-hybridized carbons (Fsp3) is 0.417. The van der Waals surface area contributed by atoms with Gasteiger partial charge < -0.3 is 15.2 Å². The molecule has 0 saturated heterocycles. The summed E-state index contributed by atoms with van der Waals surface area (Å²) in [6.07, 6.45) is 0.929. The predicted molar refractivity (Wildman–Crippen MR) is 61.7 cm³/mol. The van der Waals surface area contributed by atoms with Crippen LogP contribution < -0.4 is 10.1 Å². The molecule has 0 spiro atoms. The molecule has 1 atom stereocenters. The van der Waals surface area contributed by atoms with E-state index in [2.05, 4.69) is 5.32 Å². The van der Waals surface area contributed by atoms with Crippen molar-refractivity contribution in [2.45, 2.75) is 19.4 Å². The molecule has 1 unspecified atom stereocenters. The summed E-state index contributed by atoms with van der Waals surface area (Å²) in [5.74, 6) is -0.184. The van der Waals surface area contributed by atoms with Crippen molar-refractivity contribution in [3.05, 3.63) is 29.8 Å². The van der Waals surface area contributed by atoms with E-state index in [0.29, 0.717) is 17.9 Å². The fourth-order valence-electron chi connectivity index (χ4n) is 1.44. The molecule has 1 aromatic carbocycles. The summed E-state index contributed by atoms with van der Waals surface area (Å²) in [6, 6.07) is 6.46. The number of ether oxygens (including phenoxy) is 1. The Morgan fingerprint density at radius 1 is 1.56 bits per heavy atom. The van der Waals surface area contributed by atoms with E-state index in [4.69, 9.17) is 9.84 Å². The van der Waals surface area contributed by atoms with Crippen LogP contribution in [0.5, 0.6) is 5.75 Å². The molecule has 16 heavy (non-hydrogen) atoms. The molecule has 88 valence electrons. The van der Waals surface area contributed by atoms with Crippen LogP contribution in [-0.4, -0.2) is 24.7 Å². The normalized spacial score (nSPS) is 12.1. The number of benzene rings is 1. The van der Waals surface area contributed by atoms with Crippen molar-refractivity contribution in [3.8, 4) is 5.75 Å². The van der Waals surface area contributed by atoms with Gasteiger partial charge in [0.2, 0.25) is 0 Å². The summed E-state index contributed by atoms with van der Waals surface area (Å²) in [7, 11) is 1.62. The van der Waals surface area contributed by atoms with Crippen LogP contribution in [0.3, 0.4) is 0 Å². The van der Waals surface area contributed by atoms with Gasteiger partial charge in [0.25, 0.3) is 0 Å². The second-order valence-electron chi connectivity index (χ2n) is 3.48. The third-order valence-electron chi connectivity index (χ3n) is 2.20. The Hall–Kier alpha value is -1.55. The average molecular weight is 223 g/mol. The number of hydrogen-bond acceptors (Lipinski definition) is 3.